The molecule has 0 spiro atoms. The van der Waals surface area contributed by atoms with Crippen molar-refractivity contribution in [1.82, 2.24) is 4.57 Å². The van der Waals surface area contributed by atoms with Crippen LogP contribution < -0.4 is 10.3 Å². The minimum Gasteiger partial charge on any atom is -0.497 e. The summed E-state index contributed by atoms with van der Waals surface area (Å²) in [5.74, 6) is 0.801. The number of aromatic nitrogens is 1. The van der Waals surface area contributed by atoms with Crippen molar-refractivity contribution in [1.29, 1.82) is 5.26 Å². The predicted octanol–water partition coefficient (Wildman–Crippen LogP) is 2.59. The molecule has 0 N–H and O–H groups in total. The van der Waals surface area contributed by atoms with E-state index in [4.69, 9.17) is 10.00 Å². The van der Waals surface area contributed by atoms with Gasteiger partial charge in [0, 0.05) is 5.69 Å². The first-order valence-corrected chi connectivity index (χ1v) is 6.63. The van der Waals surface area contributed by atoms with Gasteiger partial charge in [-0.05, 0) is 47.9 Å². The lowest BCUT2D eigenvalue weighted by Gasteiger charge is -2.07. The van der Waals surface area contributed by atoms with E-state index in [1.165, 1.54) is 0 Å². The first-order valence-electron chi connectivity index (χ1n) is 6.63. The summed E-state index contributed by atoms with van der Waals surface area (Å²) in [4.78, 5) is 12.3. The van der Waals surface area contributed by atoms with Crippen LogP contribution in [0.1, 0.15) is 22.4 Å². The van der Waals surface area contributed by atoms with Crippen LogP contribution in [-0.4, -0.2) is 11.7 Å². The van der Waals surface area contributed by atoms with Gasteiger partial charge in [-0.2, -0.15) is 5.26 Å². The van der Waals surface area contributed by atoms with E-state index in [1.54, 1.807) is 18.6 Å². The van der Waals surface area contributed by atoms with Crippen molar-refractivity contribution in [3.63, 3.8) is 0 Å². The summed E-state index contributed by atoms with van der Waals surface area (Å²) >= 11 is 0. The van der Waals surface area contributed by atoms with Crippen LogP contribution in [0.15, 0.2) is 35.1 Å². The Hall–Kier alpha value is -2.80. The number of benzene rings is 1. The quantitative estimate of drug-likeness (QED) is 0.848. The summed E-state index contributed by atoms with van der Waals surface area (Å²) in [6, 6.07) is 11.6. The number of allylic oxidation sites excluding steroid dienone is 1. The molecule has 104 valence electrons. The Kier molecular flexibility index (Phi) is 3.11. The van der Waals surface area contributed by atoms with Gasteiger partial charge in [0.15, 0.2) is 0 Å². The Morgan fingerprint density at radius 1 is 1.29 bits per heavy atom. The molecule has 0 saturated heterocycles. The normalized spacial score (nSPS) is 12.5. The molecule has 2 aromatic rings. The summed E-state index contributed by atoms with van der Waals surface area (Å²) in [6.45, 7) is 2.29. The number of rotatable bonds is 2. The van der Waals surface area contributed by atoms with Crippen LogP contribution >= 0.6 is 0 Å². The van der Waals surface area contributed by atoms with Crippen molar-refractivity contribution < 1.29 is 4.74 Å². The fraction of sp³-hybridized carbons (Fsp3) is 0.176. The van der Waals surface area contributed by atoms with Gasteiger partial charge in [0.2, 0.25) is 0 Å². The zero-order chi connectivity index (χ0) is 15.0. The molecule has 0 aliphatic carbocycles. The number of fused-ring (bicyclic) bond motifs is 1. The molecule has 21 heavy (non-hydrogen) atoms. The molecular formula is C17H14N2O2. The molecule has 0 unspecified atom stereocenters. The SMILES string of the molecule is COc1ccc(C2=Cc3cc(C)c(C#N)c(=O)n3C2)cc1. The summed E-state index contributed by atoms with van der Waals surface area (Å²) in [5.41, 5.74) is 3.69. The number of hydrogen-bond donors (Lipinski definition) is 0. The molecule has 0 atom stereocenters. The fourth-order valence-electron chi connectivity index (χ4n) is 2.59. The molecular weight excluding hydrogens is 264 g/mol. The van der Waals surface area contributed by atoms with Gasteiger partial charge in [0.1, 0.15) is 17.4 Å². The Morgan fingerprint density at radius 2 is 2.00 bits per heavy atom. The average Bonchev–Trinajstić information content (AvgIpc) is 2.92. The zero-order valence-corrected chi connectivity index (χ0v) is 11.9. The molecule has 4 heteroatoms. The smallest absolute Gasteiger partial charge is 0.269 e. The maximum atomic E-state index is 12.3. The van der Waals surface area contributed by atoms with Crippen LogP contribution in [0.3, 0.4) is 0 Å². The van der Waals surface area contributed by atoms with E-state index < -0.39 is 0 Å². The molecule has 1 aromatic carbocycles. The molecule has 0 radical (unpaired) electrons. The molecule has 0 fully saturated rings. The molecule has 3 rings (SSSR count). The molecule has 4 nitrogen and oxygen atoms in total. The average molecular weight is 278 g/mol. The number of hydrogen-bond acceptors (Lipinski definition) is 3. The van der Waals surface area contributed by atoms with Crippen molar-refractivity contribution in [3.8, 4) is 11.8 Å². The minimum atomic E-state index is -0.215. The van der Waals surface area contributed by atoms with Crippen molar-refractivity contribution in [2.75, 3.05) is 7.11 Å². The lowest BCUT2D eigenvalue weighted by atomic mass is 10.1. The van der Waals surface area contributed by atoms with Gasteiger partial charge in [0.25, 0.3) is 5.56 Å². The first kappa shape index (κ1) is 13.2. The number of nitriles is 1. The third-order valence-electron chi connectivity index (χ3n) is 3.75. The van der Waals surface area contributed by atoms with Gasteiger partial charge in [-0.15, -0.1) is 0 Å². The maximum Gasteiger partial charge on any atom is 0.269 e. The number of aryl methyl sites for hydroxylation is 1. The van der Waals surface area contributed by atoms with Crippen LogP contribution in [0, 0.1) is 18.3 Å². The van der Waals surface area contributed by atoms with Crippen LogP contribution in [0.25, 0.3) is 11.6 Å². The monoisotopic (exact) mass is 278 g/mol. The standard InChI is InChI=1S/C17H14N2O2/c1-11-7-14-8-13(10-19(14)17(20)16(11)9-18)12-3-5-15(21-2)6-4-12/h3-8H,10H2,1-2H3. The Labute approximate surface area is 122 Å². The first-order chi connectivity index (χ1) is 10.1. The van der Waals surface area contributed by atoms with Crippen LogP contribution in [0.2, 0.25) is 0 Å². The van der Waals surface area contributed by atoms with E-state index in [1.807, 2.05) is 42.5 Å². The highest BCUT2D eigenvalue weighted by atomic mass is 16.5. The predicted molar refractivity (Wildman–Crippen MR) is 81.0 cm³/mol. The topological polar surface area (TPSA) is 55.0 Å². The van der Waals surface area contributed by atoms with Gasteiger partial charge in [-0.25, -0.2) is 0 Å². The molecule has 2 heterocycles. The molecule has 1 aliphatic rings. The van der Waals surface area contributed by atoms with Gasteiger partial charge in [-0.3, -0.25) is 4.79 Å². The van der Waals surface area contributed by atoms with Crippen molar-refractivity contribution in [2.24, 2.45) is 0 Å². The van der Waals surface area contributed by atoms with E-state index in [-0.39, 0.29) is 11.1 Å². The highest BCUT2D eigenvalue weighted by molar-refractivity contribution is 5.84. The number of methoxy groups -OCH3 is 1. The lowest BCUT2D eigenvalue weighted by Crippen LogP contribution is -2.23. The van der Waals surface area contributed by atoms with Gasteiger partial charge < -0.3 is 9.30 Å². The van der Waals surface area contributed by atoms with Crippen LogP contribution in [-0.2, 0) is 6.54 Å². The van der Waals surface area contributed by atoms with Crippen molar-refractivity contribution in [3.05, 3.63) is 63.1 Å². The summed E-state index contributed by atoms with van der Waals surface area (Å²) in [5, 5.41) is 9.08. The number of pyridine rings is 1. The Bertz CT molecular complexity index is 837. The van der Waals surface area contributed by atoms with E-state index in [9.17, 15) is 4.79 Å². The third-order valence-corrected chi connectivity index (χ3v) is 3.75. The van der Waals surface area contributed by atoms with E-state index in [0.717, 1.165) is 28.1 Å². The van der Waals surface area contributed by atoms with E-state index >= 15 is 0 Å². The largest absolute Gasteiger partial charge is 0.497 e. The Morgan fingerprint density at radius 3 is 2.62 bits per heavy atom. The fourth-order valence-corrected chi connectivity index (χ4v) is 2.59. The lowest BCUT2D eigenvalue weighted by molar-refractivity contribution is 0.415. The second kappa shape index (κ2) is 4.95. The second-order valence-corrected chi connectivity index (χ2v) is 5.03. The van der Waals surface area contributed by atoms with Crippen molar-refractivity contribution >= 4 is 11.6 Å². The highest BCUT2D eigenvalue weighted by Gasteiger charge is 2.18. The molecule has 0 amide bonds. The molecule has 1 aliphatic heterocycles. The second-order valence-electron chi connectivity index (χ2n) is 5.03. The molecule has 1 aromatic heterocycles. The Balaban J connectivity index is 2.03. The maximum absolute atomic E-state index is 12.3. The van der Waals surface area contributed by atoms with E-state index in [0.29, 0.717) is 6.54 Å². The van der Waals surface area contributed by atoms with Gasteiger partial charge >= 0.3 is 0 Å². The molecule has 0 saturated carbocycles. The minimum absolute atomic E-state index is 0.215. The summed E-state index contributed by atoms with van der Waals surface area (Å²) in [6.07, 6.45) is 2.00. The number of nitrogens with zero attached hydrogens (tertiary/aromatic N) is 2. The van der Waals surface area contributed by atoms with Crippen LogP contribution in [0.5, 0.6) is 5.75 Å². The third kappa shape index (κ3) is 2.13. The van der Waals surface area contributed by atoms with Gasteiger partial charge in [-0.1, -0.05) is 12.1 Å². The zero-order valence-electron chi connectivity index (χ0n) is 11.9. The molecule has 0 bridgehead atoms. The highest BCUT2D eigenvalue weighted by Crippen LogP contribution is 2.27. The van der Waals surface area contributed by atoms with Crippen LogP contribution in [0.4, 0.5) is 0 Å². The summed E-state index contributed by atoms with van der Waals surface area (Å²) in [7, 11) is 1.63. The summed E-state index contributed by atoms with van der Waals surface area (Å²) < 4.78 is 6.79. The van der Waals surface area contributed by atoms with Crippen molar-refractivity contribution in [2.45, 2.75) is 13.5 Å². The van der Waals surface area contributed by atoms with Gasteiger partial charge in [0.05, 0.1) is 13.7 Å². The number of ether oxygens (including phenoxy) is 1. The van der Waals surface area contributed by atoms with E-state index in [2.05, 4.69) is 0 Å².